The molecule has 0 bridgehead atoms. The Hall–Kier alpha value is -0.690. The first kappa shape index (κ1) is 16.7. The molecular weight excluding hydrogens is 266 g/mol. The van der Waals surface area contributed by atoms with Crippen molar-refractivity contribution < 1.29 is 4.79 Å². The van der Waals surface area contributed by atoms with Crippen molar-refractivity contribution in [2.24, 2.45) is 0 Å². The molecular formula is C15H31N5O. The van der Waals surface area contributed by atoms with E-state index in [-0.39, 0.29) is 0 Å². The minimum atomic E-state index is 0.325. The highest BCUT2D eigenvalue weighted by Crippen LogP contribution is 2.04. The molecule has 0 aromatic carbocycles. The maximum Gasteiger partial charge on any atom is 0.223 e. The molecule has 6 heteroatoms. The quantitative estimate of drug-likeness (QED) is 0.680. The van der Waals surface area contributed by atoms with E-state index in [1.165, 1.54) is 0 Å². The fourth-order valence-electron chi connectivity index (χ4n) is 2.90. The van der Waals surface area contributed by atoms with Gasteiger partial charge in [0.25, 0.3) is 0 Å². The SMILES string of the molecule is CN(C)CCN1CCN(CCC(=O)N2CCNCC2)CC1. The fourth-order valence-corrected chi connectivity index (χ4v) is 2.90. The molecule has 0 spiro atoms. The van der Waals surface area contributed by atoms with Crippen LogP contribution in [-0.2, 0) is 4.79 Å². The van der Waals surface area contributed by atoms with Gasteiger partial charge in [-0.2, -0.15) is 0 Å². The summed E-state index contributed by atoms with van der Waals surface area (Å²) in [6, 6.07) is 0. The van der Waals surface area contributed by atoms with Crippen molar-refractivity contribution in [3.05, 3.63) is 0 Å². The number of hydrogen-bond donors (Lipinski definition) is 1. The summed E-state index contributed by atoms with van der Waals surface area (Å²) in [6.45, 7) is 11.3. The maximum absolute atomic E-state index is 12.1. The number of likely N-dealkylation sites (N-methyl/N-ethyl adjacent to an activating group) is 1. The van der Waals surface area contributed by atoms with Gasteiger partial charge in [0.05, 0.1) is 0 Å². The third-order valence-electron chi connectivity index (χ3n) is 4.44. The zero-order valence-electron chi connectivity index (χ0n) is 13.7. The predicted octanol–water partition coefficient (Wildman–Crippen LogP) is -1.01. The highest BCUT2D eigenvalue weighted by atomic mass is 16.2. The average Bonchev–Trinajstić information content (AvgIpc) is 2.52. The summed E-state index contributed by atoms with van der Waals surface area (Å²) in [7, 11) is 4.25. The number of carbonyl (C=O) groups is 1. The van der Waals surface area contributed by atoms with Gasteiger partial charge in [-0.15, -0.1) is 0 Å². The molecule has 2 rings (SSSR count). The highest BCUT2D eigenvalue weighted by Gasteiger charge is 2.20. The molecule has 122 valence electrons. The molecule has 1 N–H and O–H groups in total. The molecule has 0 aliphatic carbocycles. The lowest BCUT2D eigenvalue weighted by Gasteiger charge is -2.35. The molecule has 2 aliphatic rings. The van der Waals surface area contributed by atoms with Gasteiger partial charge >= 0.3 is 0 Å². The summed E-state index contributed by atoms with van der Waals surface area (Å²) >= 11 is 0. The van der Waals surface area contributed by atoms with Gasteiger partial charge in [0.15, 0.2) is 0 Å². The fraction of sp³-hybridized carbons (Fsp3) is 0.933. The molecule has 6 nitrogen and oxygen atoms in total. The van der Waals surface area contributed by atoms with E-state index in [1.54, 1.807) is 0 Å². The van der Waals surface area contributed by atoms with E-state index in [1.807, 2.05) is 4.90 Å². The Kier molecular flexibility index (Phi) is 6.89. The van der Waals surface area contributed by atoms with E-state index in [4.69, 9.17) is 0 Å². The van der Waals surface area contributed by atoms with Gasteiger partial charge in [-0.05, 0) is 14.1 Å². The summed E-state index contributed by atoms with van der Waals surface area (Å²) in [5, 5.41) is 3.29. The molecule has 0 aromatic heterocycles. The van der Waals surface area contributed by atoms with Crippen molar-refractivity contribution in [3.63, 3.8) is 0 Å². The van der Waals surface area contributed by atoms with Crippen LogP contribution >= 0.6 is 0 Å². The summed E-state index contributed by atoms with van der Waals surface area (Å²) in [6.07, 6.45) is 0.678. The number of piperazine rings is 2. The van der Waals surface area contributed by atoms with Crippen LogP contribution in [0.4, 0.5) is 0 Å². The zero-order chi connectivity index (χ0) is 15.1. The second kappa shape index (κ2) is 8.68. The molecule has 2 saturated heterocycles. The number of nitrogens with zero attached hydrogens (tertiary/aromatic N) is 4. The molecule has 0 unspecified atom stereocenters. The molecule has 0 saturated carbocycles. The topological polar surface area (TPSA) is 42.1 Å². The van der Waals surface area contributed by atoms with Gasteiger partial charge in [0.2, 0.25) is 5.91 Å². The predicted molar refractivity (Wildman–Crippen MR) is 85.5 cm³/mol. The normalized spacial score (nSPS) is 22.0. The molecule has 1 amide bonds. The average molecular weight is 297 g/mol. The van der Waals surface area contributed by atoms with Crippen LogP contribution < -0.4 is 5.32 Å². The lowest BCUT2D eigenvalue weighted by Crippen LogP contribution is -2.50. The van der Waals surface area contributed by atoms with Crippen LogP contribution in [0.2, 0.25) is 0 Å². The Bertz CT molecular complexity index is 309. The molecule has 0 radical (unpaired) electrons. The molecule has 0 aromatic rings. The van der Waals surface area contributed by atoms with E-state index >= 15 is 0 Å². The minimum absolute atomic E-state index is 0.325. The van der Waals surface area contributed by atoms with Crippen LogP contribution in [0.5, 0.6) is 0 Å². The number of nitrogens with one attached hydrogen (secondary N) is 1. The number of hydrogen-bond acceptors (Lipinski definition) is 5. The van der Waals surface area contributed by atoms with Gasteiger partial charge in [-0.3, -0.25) is 9.69 Å². The maximum atomic E-state index is 12.1. The molecule has 0 atom stereocenters. The van der Waals surface area contributed by atoms with Crippen molar-refractivity contribution in [1.29, 1.82) is 0 Å². The zero-order valence-corrected chi connectivity index (χ0v) is 13.7. The first-order chi connectivity index (χ1) is 10.1. The summed E-state index contributed by atoms with van der Waals surface area (Å²) < 4.78 is 0. The lowest BCUT2D eigenvalue weighted by molar-refractivity contribution is -0.132. The largest absolute Gasteiger partial charge is 0.340 e. The van der Waals surface area contributed by atoms with E-state index in [9.17, 15) is 4.79 Å². The van der Waals surface area contributed by atoms with E-state index in [2.05, 4.69) is 34.1 Å². The van der Waals surface area contributed by atoms with Crippen LogP contribution in [0.25, 0.3) is 0 Å². The van der Waals surface area contributed by atoms with Gasteiger partial charge in [0.1, 0.15) is 0 Å². The number of amides is 1. The Labute approximate surface area is 129 Å². The Morgan fingerprint density at radius 2 is 1.52 bits per heavy atom. The van der Waals surface area contributed by atoms with E-state index in [0.717, 1.165) is 72.0 Å². The molecule has 2 aliphatic heterocycles. The lowest BCUT2D eigenvalue weighted by atomic mass is 10.2. The van der Waals surface area contributed by atoms with Gasteiger partial charge in [-0.1, -0.05) is 0 Å². The summed E-state index contributed by atoms with van der Waals surface area (Å²) in [5.41, 5.74) is 0. The first-order valence-corrected chi connectivity index (χ1v) is 8.23. The highest BCUT2D eigenvalue weighted by molar-refractivity contribution is 5.76. The Balaban J connectivity index is 1.59. The van der Waals surface area contributed by atoms with Gasteiger partial charge in [0, 0.05) is 78.4 Å². The molecule has 2 fully saturated rings. The second-order valence-electron chi connectivity index (χ2n) is 6.37. The first-order valence-electron chi connectivity index (χ1n) is 8.23. The van der Waals surface area contributed by atoms with E-state index in [0.29, 0.717) is 12.3 Å². The van der Waals surface area contributed by atoms with Crippen molar-refractivity contribution in [2.75, 3.05) is 86.1 Å². The second-order valence-corrected chi connectivity index (χ2v) is 6.37. The van der Waals surface area contributed by atoms with Crippen LogP contribution in [0.1, 0.15) is 6.42 Å². The van der Waals surface area contributed by atoms with Crippen LogP contribution in [0.3, 0.4) is 0 Å². The van der Waals surface area contributed by atoms with Crippen molar-refractivity contribution in [3.8, 4) is 0 Å². The van der Waals surface area contributed by atoms with Crippen LogP contribution in [-0.4, -0.2) is 112 Å². The van der Waals surface area contributed by atoms with Crippen LogP contribution in [0, 0.1) is 0 Å². The Morgan fingerprint density at radius 3 is 2.10 bits per heavy atom. The van der Waals surface area contributed by atoms with Crippen molar-refractivity contribution in [1.82, 2.24) is 24.9 Å². The van der Waals surface area contributed by atoms with Crippen molar-refractivity contribution >= 4 is 5.91 Å². The standard InChI is InChI=1S/C15H31N5O/c1-17(2)9-10-19-13-11-18(12-14-19)6-3-15(21)20-7-4-16-5-8-20/h16H,3-14H2,1-2H3. The van der Waals surface area contributed by atoms with Crippen LogP contribution in [0.15, 0.2) is 0 Å². The van der Waals surface area contributed by atoms with Gasteiger partial charge in [-0.25, -0.2) is 0 Å². The molecule has 21 heavy (non-hydrogen) atoms. The number of rotatable bonds is 6. The van der Waals surface area contributed by atoms with E-state index < -0.39 is 0 Å². The Morgan fingerprint density at radius 1 is 0.952 bits per heavy atom. The summed E-state index contributed by atoms with van der Waals surface area (Å²) in [5.74, 6) is 0.325. The smallest absolute Gasteiger partial charge is 0.223 e. The van der Waals surface area contributed by atoms with Crippen molar-refractivity contribution in [2.45, 2.75) is 6.42 Å². The van der Waals surface area contributed by atoms with Gasteiger partial charge < -0.3 is 20.0 Å². The third kappa shape index (κ3) is 5.90. The molecule has 2 heterocycles. The monoisotopic (exact) mass is 297 g/mol. The summed E-state index contributed by atoms with van der Waals surface area (Å²) in [4.78, 5) is 21.3. The third-order valence-corrected chi connectivity index (χ3v) is 4.44. The number of carbonyl (C=O) groups excluding carboxylic acids is 1. The minimum Gasteiger partial charge on any atom is -0.340 e.